The fraction of sp³-hybridized carbons (Fsp3) is 0.500. The van der Waals surface area contributed by atoms with Crippen LogP contribution in [0.25, 0.3) is 0 Å². The predicted molar refractivity (Wildman–Crippen MR) is 93.3 cm³/mol. The second kappa shape index (κ2) is 7.88. The van der Waals surface area contributed by atoms with Crippen molar-refractivity contribution in [3.63, 3.8) is 0 Å². The van der Waals surface area contributed by atoms with E-state index in [0.717, 1.165) is 38.0 Å². The highest BCUT2D eigenvalue weighted by atomic mass is 16.5. The van der Waals surface area contributed by atoms with Crippen molar-refractivity contribution in [2.24, 2.45) is 5.92 Å². The van der Waals surface area contributed by atoms with Gasteiger partial charge >= 0.3 is 0 Å². The normalized spacial score (nSPS) is 15.0. The average Bonchev–Trinajstić information content (AvgIpc) is 2.68. The summed E-state index contributed by atoms with van der Waals surface area (Å²) in [6.45, 7) is 6.45. The van der Waals surface area contributed by atoms with E-state index in [1.165, 1.54) is 5.56 Å². The van der Waals surface area contributed by atoms with Crippen LogP contribution < -0.4 is 9.64 Å². The van der Waals surface area contributed by atoms with Crippen LogP contribution in [0.2, 0.25) is 0 Å². The summed E-state index contributed by atoms with van der Waals surface area (Å²) in [6.07, 6.45) is 4.56. The molecule has 0 bridgehead atoms. The van der Waals surface area contributed by atoms with Crippen LogP contribution in [0.5, 0.6) is 5.88 Å². The lowest BCUT2D eigenvalue weighted by Crippen LogP contribution is -2.36. The number of piperidine rings is 1. The summed E-state index contributed by atoms with van der Waals surface area (Å²) in [5, 5.41) is 17.2. The molecule has 7 nitrogen and oxygen atoms in total. The summed E-state index contributed by atoms with van der Waals surface area (Å²) >= 11 is 0. The number of nitrogens with zero attached hydrogens (tertiary/aromatic N) is 6. The molecule has 130 valence electrons. The molecule has 1 aliphatic heterocycles. The van der Waals surface area contributed by atoms with Gasteiger partial charge in [-0.3, -0.25) is 0 Å². The van der Waals surface area contributed by atoms with Crippen molar-refractivity contribution in [1.29, 1.82) is 5.26 Å². The molecule has 0 N–H and O–H groups in total. The lowest BCUT2D eigenvalue weighted by molar-refractivity contribution is 0.213. The first-order valence-corrected chi connectivity index (χ1v) is 8.63. The van der Waals surface area contributed by atoms with Crippen molar-refractivity contribution >= 4 is 5.95 Å². The van der Waals surface area contributed by atoms with Crippen molar-refractivity contribution in [3.8, 4) is 11.9 Å². The molecular formula is C18H22N6O. The van der Waals surface area contributed by atoms with Gasteiger partial charge in [-0.25, -0.2) is 9.97 Å². The largest absolute Gasteiger partial charge is 0.476 e. The molecule has 1 fully saturated rings. The van der Waals surface area contributed by atoms with Gasteiger partial charge in [0.1, 0.15) is 11.8 Å². The molecule has 0 radical (unpaired) electrons. The fourth-order valence-electron chi connectivity index (χ4n) is 2.97. The minimum atomic E-state index is 0.403. The van der Waals surface area contributed by atoms with E-state index in [4.69, 9.17) is 10.00 Å². The first-order chi connectivity index (χ1) is 12.2. The van der Waals surface area contributed by atoms with Crippen LogP contribution in [0.4, 0.5) is 5.95 Å². The highest BCUT2D eigenvalue weighted by molar-refractivity contribution is 5.34. The van der Waals surface area contributed by atoms with Gasteiger partial charge in [0.15, 0.2) is 0 Å². The first-order valence-electron chi connectivity index (χ1n) is 8.63. The molecule has 3 heterocycles. The predicted octanol–water partition coefficient (Wildman–Crippen LogP) is 2.30. The monoisotopic (exact) mass is 338 g/mol. The molecule has 1 aliphatic rings. The first kappa shape index (κ1) is 17.1. The van der Waals surface area contributed by atoms with E-state index in [-0.39, 0.29) is 0 Å². The molecule has 25 heavy (non-hydrogen) atoms. The van der Waals surface area contributed by atoms with Crippen molar-refractivity contribution in [2.45, 2.75) is 33.1 Å². The lowest BCUT2D eigenvalue weighted by Gasteiger charge is -2.31. The number of nitriles is 1. The summed E-state index contributed by atoms with van der Waals surface area (Å²) in [5.74, 6) is 1.72. The molecule has 0 atom stereocenters. The summed E-state index contributed by atoms with van der Waals surface area (Å²) in [6, 6.07) is 5.66. The maximum atomic E-state index is 8.95. The molecular weight excluding hydrogens is 316 g/mol. The minimum absolute atomic E-state index is 0.403. The van der Waals surface area contributed by atoms with Crippen LogP contribution in [0, 0.1) is 24.2 Å². The summed E-state index contributed by atoms with van der Waals surface area (Å²) < 4.78 is 5.85. The number of hydrogen-bond acceptors (Lipinski definition) is 7. The van der Waals surface area contributed by atoms with Gasteiger partial charge in [0.05, 0.1) is 12.3 Å². The van der Waals surface area contributed by atoms with Crippen LogP contribution in [-0.2, 0) is 6.42 Å². The second-order valence-corrected chi connectivity index (χ2v) is 6.24. The third kappa shape index (κ3) is 4.21. The average molecular weight is 338 g/mol. The maximum Gasteiger partial charge on any atom is 0.233 e. The molecule has 0 amide bonds. The Morgan fingerprint density at radius 3 is 2.84 bits per heavy atom. The van der Waals surface area contributed by atoms with E-state index in [1.807, 2.05) is 13.0 Å². The number of aromatic nitrogens is 4. The topological polar surface area (TPSA) is 87.8 Å². The zero-order valence-electron chi connectivity index (χ0n) is 14.6. The molecule has 7 heteroatoms. The SMILES string of the molecule is CCc1cc(OCC2CCN(c3nccc(C#N)n3)CC2)nnc1C. The Balaban J connectivity index is 1.52. The fourth-order valence-corrected chi connectivity index (χ4v) is 2.97. The van der Waals surface area contributed by atoms with Crippen molar-refractivity contribution < 1.29 is 4.74 Å². The Bertz CT molecular complexity index is 764. The molecule has 2 aromatic rings. The Kier molecular flexibility index (Phi) is 5.39. The summed E-state index contributed by atoms with van der Waals surface area (Å²) in [4.78, 5) is 10.7. The van der Waals surface area contributed by atoms with E-state index in [2.05, 4.69) is 38.1 Å². The Labute approximate surface area is 147 Å². The van der Waals surface area contributed by atoms with Crippen molar-refractivity contribution in [2.75, 3.05) is 24.6 Å². The van der Waals surface area contributed by atoms with Crippen LogP contribution in [0.1, 0.15) is 36.7 Å². The van der Waals surface area contributed by atoms with Gasteiger partial charge in [-0.05, 0) is 43.7 Å². The maximum absolute atomic E-state index is 8.95. The van der Waals surface area contributed by atoms with Gasteiger partial charge in [-0.1, -0.05) is 6.92 Å². The third-order valence-electron chi connectivity index (χ3n) is 4.56. The summed E-state index contributed by atoms with van der Waals surface area (Å²) in [7, 11) is 0. The Morgan fingerprint density at radius 1 is 1.32 bits per heavy atom. The van der Waals surface area contributed by atoms with E-state index >= 15 is 0 Å². The molecule has 0 saturated carbocycles. The number of anilines is 1. The molecule has 0 spiro atoms. The molecule has 2 aromatic heterocycles. The van der Waals surface area contributed by atoms with Gasteiger partial charge in [-0.2, -0.15) is 10.4 Å². The van der Waals surface area contributed by atoms with Crippen molar-refractivity contribution in [3.05, 3.63) is 35.3 Å². The van der Waals surface area contributed by atoms with Gasteiger partial charge < -0.3 is 9.64 Å². The Hall–Kier alpha value is -2.75. The zero-order chi connectivity index (χ0) is 17.6. The van der Waals surface area contributed by atoms with E-state index in [0.29, 0.717) is 30.0 Å². The van der Waals surface area contributed by atoms with E-state index in [1.54, 1.807) is 12.3 Å². The van der Waals surface area contributed by atoms with Crippen LogP contribution in [-0.4, -0.2) is 39.9 Å². The standard InChI is InChI=1S/C18H22N6O/c1-3-15-10-17(23-22-13(15)2)25-12-14-5-8-24(9-6-14)18-20-7-4-16(11-19)21-18/h4,7,10,14H,3,5-6,8-9,12H2,1-2H3. The van der Waals surface area contributed by atoms with Gasteiger partial charge in [0.25, 0.3) is 0 Å². The second-order valence-electron chi connectivity index (χ2n) is 6.24. The molecule has 0 aromatic carbocycles. The van der Waals surface area contributed by atoms with Gasteiger partial charge in [-0.15, -0.1) is 5.10 Å². The third-order valence-corrected chi connectivity index (χ3v) is 4.56. The van der Waals surface area contributed by atoms with Crippen LogP contribution in [0.3, 0.4) is 0 Å². The summed E-state index contributed by atoms with van der Waals surface area (Å²) in [5.41, 5.74) is 2.54. The molecule has 3 rings (SSSR count). The highest BCUT2D eigenvalue weighted by Gasteiger charge is 2.22. The van der Waals surface area contributed by atoms with Crippen LogP contribution in [0.15, 0.2) is 18.3 Å². The van der Waals surface area contributed by atoms with Gasteiger partial charge in [0.2, 0.25) is 11.8 Å². The number of hydrogen-bond donors (Lipinski definition) is 0. The molecule has 0 unspecified atom stereocenters. The van der Waals surface area contributed by atoms with Gasteiger partial charge in [0, 0.05) is 25.4 Å². The number of ether oxygens (including phenoxy) is 1. The molecule has 0 aliphatic carbocycles. The lowest BCUT2D eigenvalue weighted by atomic mass is 9.98. The van der Waals surface area contributed by atoms with E-state index in [9.17, 15) is 0 Å². The molecule has 1 saturated heterocycles. The Morgan fingerprint density at radius 2 is 2.12 bits per heavy atom. The minimum Gasteiger partial charge on any atom is -0.476 e. The quantitative estimate of drug-likeness (QED) is 0.826. The zero-order valence-corrected chi connectivity index (χ0v) is 14.6. The smallest absolute Gasteiger partial charge is 0.233 e. The van der Waals surface area contributed by atoms with Crippen molar-refractivity contribution in [1.82, 2.24) is 20.2 Å². The number of aryl methyl sites for hydroxylation is 2. The highest BCUT2D eigenvalue weighted by Crippen LogP contribution is 2.22. The van der Waals surface area contributed by atoms with E-state index < -0.39 is 0 Å². The number of rotatable bonds is 5. The van der Waals surface area contributed by atoms with Crippen LogP contribution >= 0.6 is 0 Å².